The van der Waals surface area contributed by atoms with Crippen LogP contribution in [-0.4, -0.2) is 12.3 Å². The lowest BCUT2D eigenvalue weighted by atomic mass is 10.2. The first-order chi connectivity index (χ1) is 7.33. The minimum absolute atomic E-state index is 0.0301. The summed E-state index contributed by atoms with van der Waals surface area (Å²) in [4.78, 5) is 11.1. The van der Waals surface area contributed by atoms with Crippen molar-refractivity contribution < 1.29 is 22.7 Å². The molecule has 0 fully saturated rings. The maximum absolute atomic E-state index is 11.9. The number of halogens is 4. The number of benzene rings is 1. The van der Waals surface area contributed by atoms with Crippen LogP contribution in [0.15, 0.2) is 18.2 Å². The number of rotatable bonds is 2. The van der Waals surface area contributed by atoms with Crippen molar-refractivity contribution >= 4 is 17.5 Å². The van der Waals surface area contributed by atoms with Gasteiger partial charge in [0.1, 0.15) is 5.75 Å². The summed E-state index contributed by atoms with van der Waals surface area (Å²) in [6.45, 7) is 0. The Morgan fingerprint density at radius 1 is 1.44 bits per heavy atom. The Labute approximate surface area is 93.1 Å². The summed E-state index contributed by atoms with van der Waals surface area (Å²) in [6, 6.07) is 2.94. The van der Waals surface area contributed by atoms with Gasteiger partial charge in [0.25, 0.3) is 5.91 Å². The fraction of sp³-hybridized carbons (Fsp3) is 0.125. The first-order valence-electron chi connectivity index (χ1n) is 3.90. The third-order valence-corrected chi connectivity index (χ3v) is 1.88. The van der Waals surface area contributed by atoms with Crippen molar-refractivity contribution in [1.82, 2.24) is 5.43 Å². The van der Waals surface area contributed by atoms with Crippen LogP contribution in [0.4, 0.5) is 13.2 Å². The van der Waals surface area contributed by atoms with Gasteiger partial charge in [0.05, 0.1) is 10.6 Å². The summed E-state index contributed by atoms with van der Waals surface area (Å²) in [7, 11) is 0. The minimum atomic E-state index is -4.83. The molecule has 8 heteroatoms. The number of amides is 1. The van der Waals surface area contributed by atoms with Crippen molar-refractivity contribution in [3.05, 3.63) is 28.8 Å². The molecule has 0 aromatic heterocycles. The van der Waals surface area contributed by atoms with Crippen molar-refractivity contribution in [2.45, 2.75) is 6.36 Å². The highest BCUT2D eigenvalue weighted by Gasteiger charge is 2.31. The number of alkyl halides is 3. The minimum Gasteiger partial charge on any atom is -0.406 e. The quantitative estimate of drug-likeness (QED) is 0.481. The van der Waals surface area contributed by atoms with Crippen molar-refractivity contribution in [3.63, 3.8) is 0 Å². The first kappa shape index (κ1) is 12.6. The molecule has 88 valence electrons. The number of ether oxygens (including phenoxy) is 1. The zero-order chi connectivity index (χ0) is 12.3. The van der Waals surface area contributed by atoms with Crippen LogP contribution in [0.1, 0.15) is 10.4 Å². The van der Waals surface area contributed by atoms with Gasteiger partial charge in [-0.25, -0.2) is 5.84 Å². The van der Waals surface area contributed by atoms with E-state index >= 15 is 0 Å². The van der Waals surface area contributed by atoms with E-state index < -0.39 is 18.0 Å². The van der Waals surface area contributed by atoms with Crippen molar-refractivity contribution in [2.24, 2.45) is 5.84 Å². The molecule has 4 nitrogen and oxygen atoms in total. The van der Waals surface area contributed by atoms with Crippen LogP contribution in [0.5, 0.6) is 5.75 Å². The van der Waals surface area contributed by atoms with Crippen LogP contribution in [0.25, 0.3) is 0 Å². The lowest BCUT2D eigenvalue weighted by Crippen LogP contribution is -2.30. The van der Waals surface area contributed by atoms with Crippen molar-refractivity contribution in [1.29, 1.82) is 0 Å². The van der Waals surface area contributed by atoms with Gasteiger partial charge in [0.15, 0.2) is 0 Å². The largest absolute Gasteiger partial charge is 0.573 e. The average molecular weight is 255 g/mol. The summed E-state index contributed by atoms with van der Waals surface area (Å²) >= 11 is 5.59. The van der Waals surface area contributed by atoms with Gasteiger partial charge in [-0.05, 0) is 18.2 Å². The molecule has 0 saturated heterocycles. The molecule has 0 heterocycles. The summed E-state index contributed by atoms with van der Waals surface area (Å²) in [5, 5.41) is -0.0301. The smallest absolute Gasteiger partial charge is 0.406 e. The van der Waals surface area contributed by atoms with Gasteiger partial charge < -0.3 is 4.74 Å². The zero-order valence-electron chi connectivity index (χ0n) is 7.64. The van der Waals surface area contributed by atoms with E-state index in [1.807, 2.05) is 0 Å². The van der Waals surface area contributed by atoms with Crippen LogP contribution in [-0.2, 0) is 0 Å². The lowest BCUT2D eigenvalue weighted by molar-refractivity contribution is -0.274. The van der Waals surface area contributed by atoms with Gasteiger partial charge in [-0.2, -0.15) is 0 Å². The molecule has 0 atom stereocenters. The van der Waals surface area contributed by atoms with Crippen LogP contribution in [0, 0.1) is 0 Å². The van der Waals surface area contributed by atoms with Crippen molar-refractivity contribution in [3.8, 4) is 5.75 Å². The van der Waals surface area contributed by atoms with E-state index in [1.165, 1.54) is 0 Å². The van der Waals surface area contributed by atoms with Gasteiger partial charge in [0.2, 0.25) is 0 Å². The molecule has 0 aliphatic heterocycles. The fourth-order valence-electron chi connectivity index (χ4n) is 0.953. The van der Waals surface area contributed by atoms with Gasteiger partial charge in [0, 0.05) is 0 Å². The number of carbonyl (C=O) groups is 1. The molecule has 1 rings (SSSR count). The molecule has 1 aromatic carbocycles. The van der Waals surface area contributed by atoms with E-state index in [0.29, 0.717) is 0 Å². The molecule has 0 bridgehead atoms. The molecule has 0 saturated carbocycles. The number of hydrogen-bond donors (Lipinski definition) is 2. The van der Waals surface area contributed by atoms with Gasteiger partial charge in [-0.3, -0.25) is 10.2 Å². The zero-order valence-corrected chi connectivity index (χ0v) is 8.39. The summed E-state index contributed by atoms with van der Waals surface area (Å²) in [5.74, 6) is 3.48. The second-order valence-electron chi connectivity index (χ2n) is 2.66. The van der Waals surface area contributed by atoms with E-state index in [-0.39, 0.29) is 10.6 Å². The number of hydrogen-bond acceptors (Lipinski definition) is 3. The maximum atomic E-state index is 11.9. The highest BCUT2D eigenvalue weighted by atomic mass is 35.5. The number of carbonyl (C=O) groups excluding carboxylic acids is 1. The normalized spacial score (nSPS) is 11.1. The van der Waals surface area contributed by atoms with Crippen molar-refractivity contribution in [2.75, 3.05) is 0 Å². The summed E-state index contributed by atoms with van der Waals surface area (Å²) < 4.78 is 39.2. The molecule has 0 unspecified atom stereocenters. The van der Waals surface area contributed by atoms with Gasteiger partial charge in [-0.15, -0.1) is 13.2 Å². The number of nitrogens with two attached hydrogens (primary N) is 1. The van der Waals surface area contributed by atoms with Crippen LogP contribution < -0.4 is 16.0 Å². The van der Waals surface area contributed by atoms with E-state index in [1.54, 1.807) is 5.43 Å². The summed E-state index contributed by atoms with van der Waals surface area (Å²) in [5.41, 5.74) is 1.55. The Hall–Kier alpha value is -1.47. The topological polar surface area (TPSA) is 64.3 Å². The highest BCUT2D eigenvalue weighted by molar-refractivity contribution is 6.33. The second kappa shape index (κ2) is 4.58. The van der Waals surface area contributed by atoms with Crippen LogP contribution >= 0.6 is 11.6 Å². The third kappa shape index (κ3) is 3.28. The number of nitrogens with one attached hydrogen (secondary N) is 1. The van der Waals surface area contributed by atoms with E-state index in [2.05, 4.69) is 4.74 Å². The number of hydrazine groups is 1. The molecule has 1 aromatic rings. The van der Waals surface area contributed by atoms with Crippen LogP contribution in [0.2, 0.25) is 5.02 Å². The Balaban J connectivity index is 3.03. The molecule has 16 heavy (non-hydrogen) atoms. The fourth-order valence-corrected chi connectivity index (χ4v) is 1.16. The monoisotopic (exact) mass is 254 g/mol. The third-order valence-electron chi connectivity index (χ3n) is 1.55. The highest BCUT2D eigenvalue weighted by Crippen LogP contribution is 2.26. The van der Waals surface area contributed by atoms with Gasteiger partial charge >= 0.3 is 6.36 Å². The van der Waals surface area contributed by atoms with Crippen LogP contribution in [0.3, 0.4) is 0 Å². The Bertz CT molecular complexity index is 409. The molecule has 1 amide bonds. The summed E-state index contributed by atoms with van der Waals surface area (Å²) in [6.07, 6.45) is -4.83. The average Bonchev–Trinajstić information content (AvgIpc) is 2.18. The molecular weight excluding hydrogens is 249 g/mol. The molecule has 3 N–H and O–H groups in total. The van der Waals surface area contributed by atoms with E-state index in [9.17, 15) is 18.0 Å². The molecule has 0 spiro atoms. The molecule has 0 radical (unpaired) electrons. The Morgan fingerprint density at radius 2 is 2.06 bits per heavy atom. The Morgan fingerprint density at radius 3 is 2.56 bits per heavy atom. The SMILES string of the molecule is NNC(=O)c1cc(OC(F)(F)F)ccc1Cl. The standard InChI is InChI=1S/C8H6ClF3N2O2/c9-6-2-1-4(16-8(10,11)12)3-5(6)7(15)14-13/h1-3H,13H2,(H,14,15). The first-order valence-corrected chi connectivity index (χ1v) is 4.27. The van der Waals surface area contributed by atoms with E-state index in [0.717, 1.165) is 18.2 Å². The van der Waals surface area contributed by atoms with Gasteiger partial charge in [-0.1, -0.05) is 11.6 Å². The predicted molar refractivity (Wildman–Crippen MR) is 49.8 cm³/mol. The molecular formula is C8H6ClF3N2O2. The van der Waals surface area contributed by atoms with E-state index in [4.69, 9.17) is 17.4 Å². The lowest BCUT2D eigenvalue weighted by Gasteiger charge is -2.10. The second-order valence-corrected chi connectivity index (χ2v) is 3.07. The molecule has 0 aliphatic rings. The maximum Gasteiger partial charge on any atom is 0.573 e. The predicted octanol–water partition coefficient (Wildman–Crippen LogP) is 1.84. The Kier molecular flexibility index (Phi) is 3.61. The molecule has 0 aliphatic carbocycles. The number of nitrogen functional groups attached to an aromatic ring is 1.